The molecule has 128 valence electrons. The molecule has 25 heavy (non-hydrogen) atoms. The molecule has 1 heterocycles. The minimum atomic E-state index is -0.707. The van der Waals surface area contributed by atoms with Gasteiger partial charge in [-0.05, 0) is 40.8 Å². The highest BCUT2D eigenvalue weighted by Crippen LogP contribution is 2.34. The van der Waals surface area contributed by atoms with Gasteiger partial charge in [-0.15, -0.1) is 0 Å². The van der Waals surface area contributed by atoms with Crippen LogP contribution in [0.5, 0.6) is 0 Å². The third-order valence-corrected chi connectivity index (χ3v) is 4.93. The summed E-state index contributed by atoms with van der Waals surface area (Å²) in [5.41, 5.74) is 1.33. The second kappa shape index (κ2) is 6.15. The van der Waals surface area contributed by atoms with Crippen molar-refractivity contribution >= 4 is 32.5 Å². The van der Waals surface area contributed by atoms with Crippen LogP contribution in [0.4, 0.5) is 0 Å². The maximum atomic E-state index is 9.51. The van der Waals surface area contributed by atoms with Gasteiger partial charge in [0.2, 0.25) is 0 Å². The van der Waals surface area contributed by atoms with Gasteiger partial charge in [0.25, 0.3) is 0 Å². The number of furan rings is 1. The van der Waals surface area contributed by atoms with Crippen LogP contribution in [0.25, 0.3) is 32.5 Å². The summed E-state index contributed by atoms with van der Waals surface area (Å²) in [4.78, 5) is 0. The van der Waals surface area contributed by atoms with Crippen LogP contribution in [-0.4, -0.2) is 29.0 Å². The lowest BCUT2D eigenvalue weighted by molar-refractivity contribution is 0.103. The highest BCUT2D eigenvalue weighted by molar-refractivity contribution is 6.19. The molecule has 4 nitrogen and oxygen atoms in total. The maximum Gasteiger partial charge on any atom is 0.142 e. The summed E-state index contributed by atoms with van der Waals surface area (Å²) in [5, 5.41) is 27.9. The Bertz CT molecular complexity index is 1050. The molecule has 0 saturated carbocycles. The molecule has 0 atom stereocenters. The van der Waals surface area contributed by atoms with Crippen LogP contribution in [0, 0.1) is 0 Å². The lowest BCUT2D eigenvalue weighted by Gasteiger charge is -2.26. The molecule has 0 unspecified atom stereocenters. The standard InChI is InChI=1S/C21H21NO3/c1-21(12-23,13-24)22-11-16-10-15-7-6-14-8-9-25-20(14)19(15)18-5-3-2-4-17(16)18/h2-10,22-24H,11-13H2,1H3. The molecule has 0 fully saturated rings. The van der Waals surface area contributed by atoms with Crippen LogP contribution in [0.15, 0.2) is 59.2 Å². The molecular weight excluding hydrogens is 314 g/mol. The zero-order valence-corrected chi connectivity index (χ0v) is 14.1. The first-order chi connectivity index (χ1) is 12.1. The molecule has 1 aromatic heterocycles. The molecule has 4 rings (SSSR count). The van der Waals surface area contributed by atoms with Crippen molar-refractivity contribution in [3.8, 4) is 0 Å². The van der Waals surface area contributed by atoms with E-state index in [4.69, 9.17) is 4.42 Å². The molecule has 0 aliphatic rings. The van der Waals surface area contributed by atoms with Gasteiger partial charge in [-0.1, -0.05) is 36.4 Å². The molecule has 0 saturated heterocycles. The molecule has 0 radical (unpaired) electrons. The first-order valence-electron chi connectivity index (χ1n) is 8.42. The highest BCUT2D eigenvalue weighted by atomic mass is 16.3. The number of rotatable bonds is 5. The molecular formula is C21H21NO3. The number of aliphatic hydroxyl groups excluding tert-OH is 2. The zero-order valence-electron chi connectivity index (χ0n) is 14.1. The minimum Gasteiger partial charge on any atom is -0.464 e. The summed E-state index contributed by atoms with van der Waals surface area (Å²) in [5.74, 6) is 0. The van der Waals surface area contributed by atoms with Crippen LogP contribution in [0.2, 0.25) is 0 Å². The molecule has 3 N–H and O–H groups in total. The van der Waals surface area contributed by atoms with Crippen molar-refractivity contribution in [2.45, 2.75) is 19.0 Å². The van der Waals surface area contributed by atoms with Gasteiger partial charge in [0.1, 0.15) is 5.58 Å². The second-order valence-electron chi connectivity index (χ2n) is 6.81. The number of hydrogen-bond acceptors (Lipinski definition) is 4. The van der Waals surface area contributed by atoms with Gasteiger partial charge in [0.05, 0.1) is 25.0 Å². The van der Waals surface area contributed by atoms with E-state index in [0.717, 1.165) is 38.1 Å². The van der Waals surface area contributed by atoms with Crippen molar-refractivity contribution in [3.05, 3.63) is 60.4 Å². The van der Waals surface area contributed by atoms with Crippen LogP contribution >= 0.6 is 0 Å². The van der Waals surface area contributed by atoms with E-state index in [1.165, 1.54) is 0 Å². The van der Waals surface area contributed by atoms with Gasteiger partial charge in [0, 0.05) is 17.3 Å². The van der Waals surface area contributed by atoms with Gasteiger partial charge in [-0.25, -0.2) is 0 Å². The van der Waals surface area contributed by atoms with Crippen LogP contribution < -0.4 is 5.32 Å². The second-order valence-corrected chi connectivity index (χ2v) is 6.81. The maximum absolute atomic E-state index is 9.51. The van der Waals surface area contributed by atoms with Crippen molar-refractivity contribution in [3.63, 3.8) is 0 Å². The van der Waals surface area contributed by atoms with Crippen molar-refractivity contribution in [1.29, 1.82) is 0 Å². The van der Waals surface area contributed by atoms with Crippen LogP contribution in [-0.2, 0) is 6.54 Å². The number of nitrogens with one attached hydrogen (secondary N) is 1. The largest absolute Gasteiger partial charge is 0.464 e. The van der Waals surface area contributed by atoms with E-state index >= 15 is 0 Å². The van der Waals surface area contributed by atoms with Crippen molar-refractivity contribution in [2.75, 3.05) is 13.2 Å². The third kappa shape index (κ3) is 2.68. The average Bonchev–Trinajstić information content (AvgIpc) is 3.14. The van der Waals surface area contributed by atoms with Crippen molar-refractivity contribution < 1.29 is 14.6 Å². The molecule has 4 heteroatoms. The fourth-order valence-electron chi connectivity index (χ4n) is 3.31. The minimum absolute atomic E-state index is 0.123. The monoisotopic (exact) mass is 335 g/mol. The Morgan fingerprint density at radius 1 is 0.960 bits per heavy atom. The fraction of sp³-hybridized carbons (Fsp3) is 0.238. The van der Waals surface area contributed by atoms with Crippen LogP contribution in [0.3, 0.4) is 0 Å². The Morgan fingerprint density at radius 2 is 1.68 bits per heavy atom. The normalized spacial score (nSPS) is 12.4. The summed E-state index contributed by atoms with van der Waals surface area (Å²) >= 11 is 0. The quantitative estimate of drug-likeness (QED) is 0.488. The van der Waals surface area contributed by atoms with E-state index in [-0.39, 0.29) is 13.2 Å². The predicted octanol–water partition coefficient (Wildman–Crippen LogP) is 3.57. The van der Waals surface area contributed by atoms with Crippen molar-refractivity contribution in [2.24, 2.45) is 0 Å². The van der Waals surface area contributed by atoms with E-state index in [0.29, 0.717) is 6.54 Å². The summed E-state index contributed by atoms with van der Waals surface area (Å²) in [6.07, 6.45) is 1.72. The SMILES string of the molecule is CC(CO)(CO)NCc1cc2ccc3ccoc3c2c2ccccc12. The predicted molar refractivity (Wildman–Crippen MR) is 101 cm³/mol. The Balaban J connectivity index is 1.91. The summed E-state index contributed by atoms with van der Waals surface area (Å²) in [6.45, 7) is 2.12. The summed E-state index contributed by atoms with van der Waals surface area (Å²) in [6, 6.07) is 16.6. The molecule has 3 aromatic carbocycles. The highest BCUT2D eigenvalue weighted by Gasteiger charge is 2.22. The topological polar surface area (TPSA) is 65.6 Å². The van der Waals surface area contributed by atoms with Crippen molar-refractivity contribution in [1.82, 2.24) is 5.32 Å². The van der Waals surface area contributed by atoms with Crippen LogP contribution in [0.1, 0.15) is 12.5 Å². The zero-order chi connectivity index (χ0) is 17.4. The molecule has 0 bridgehead atoms. The molecule has 0 spiro atoms. The Labute approximate surface area is 145 Å². The van der Waals surface area contributed by atoms with Gasteiger partial charge >= 0.3 is 0 Å². The van der Waals surface area contributed by atoms with E-state index in [2.05, 4.69) is 35.6 Å². The molecule has 4 aromatic rings. The number of fused-ring (bicyclic) bond motifs is 5. The van der Waals surface area contributed by atoms with Gasteiger partial charge in [0.15, 0.2) is 0 Å². The lowest BCUT2D eigenvalue weighted by atomic mass is 9.95. The van der Waals surface area contributed by atoms with E-state index in [1.54, 1.807) is 6.26 Å². The number of hydrogen-bond donors (Lipinski definition) is 3. The third-order valence-electron chi connectivity index (χ3n) is 4.93. The number of benzene rings is 3. The number of aliphatic hydroxyl groups is 2. The first-order valence-corrected chi connectivity index (χ1v) is 8.42. The lowest BCUT2D eigenvalue weighted by Crippen LogP contribution is -2.48. The van der Waals surface area contributed by atoms with E-state index in [9.17, 15) is 10.2 Å². The van der Waals surface area contributed by atoms with E-state index in [1.807, 2.05) is 25.1 Å². The smallest absolute Gasteiger partial charge is 0.142 e. The van der Waals surface area contributed by atoms with Gasteiger partial charge in [-0.3, -0.25) is 0 Å². The first kappa shape index (κ1) is 16.1. The molecule has 0 aliphatic carbocycles. The van der Waals surface area contributed by atoms with Gasteiger partial charge < -0.3 is 19.9 Å². The Morgan fingerprint density at radius 3 is 2.44 bits per heavy atom. The summed E-state index contributed by atoms with van der Waals surface area (Å²) in [7, 11) is 0. The van der Waals surface area contributed by atoms with Gasteiger partial charge in [-0.2, -0.15) is 0 Å². The fourth-order valence-corrected chi connectivity index (χ4v) is 3.31. The average molecular weight is 335 g/mol. The van der Waals surface area contributed by atoms with E-state index < -0.39 is 5.54 Å². The summed E-state index contributed by atoms with van der Waals surface area (Å²) < 4.78 is 5.75. The molecule has 0 amide bonds. The molecule has 0 aliphatic heterocycles. The Kier molecular flexibility index (Phi) is 3.96. The Hall–Kier alpha value is -2.40.